The Labute approximate surface area is 151 Å². The van der Waals surface area contributed by atoms with Crippen LogP contribution in [0.5, 0.6) is 0 Å². The Bertz CT molecular complexity index is 1010. The zero-order valence-corrected chi connectivity index (χ0v) is 15.8. The van der Waals surface area contributed by atoms with Gasteiger partial charge in [0.1, 0.15) is 12.4 Å². The topological polar surface area (TPSA) is 69.0 Å². The van der Waals surface area contributed by atoms with E-state index in [1.165, 1.54) is 12.1 Å². The molecular weight excluding hydrogens is 349 g/mol. The molecule has 1 aliphatic heterocycles. The zero-order chi connectivity index (χ0) is 18.5. The highest BCUT2D eigenvalue weighted by Crippen LogP contribution is 2.24. The van der Waals surface area contributed by atoms with E-state index >= 15 is 0 Å². The normalized spacial score (nSPS) is 14.4. The molecule has 0 atom stereocenters. The maximum atomic E-state index is 13.9. The number of halogens is 1. The Balaban J connectivity index is 1.83. The minimum atomic E-state index is -2.16. The van der Waals surface area contributed by atoms with E-state index in [9.17, 15) is 14.0 Å². The highest BCUT2D eigenvalue weighted by molar-refractivity contribution is 6.69. The van der Waals surface area contributed by atoms with E-state index in [-0.39, 0.29) is 5.91 Å². The second kappa shape index (κ2) is 6.03. The molecule has 0 bridgehead atoms. The second-order valence-corrected chi connectivity index (χ2v) is 11.4. The number of nitrogens with zero attached hydrogens (tertiary/aromatic N) is 1. The molecule has 0 saturated carbocycles. The molecule has 26 heavy (non-hydrogen) atoms. The third-order valence-corrected chi connectivity index (χ3v) is 5.87. The first-order valence-electron chi connectivity index (χ1n) is 8.67. The van der Waals surface area contributed by atoms with Crippen molar-refractivity contribution in [2.24, 2.45) is 0 Å². The van der Waals surface area contributed by atoms with Crippen LogP contribution in [-0.4, -0.2) is 30.5 Å². The van der Waals surface area contributed by atoms with Gasteiger partial charge in [-0.1, -0.05) is 12.1 Å². The van der Waals surface area contributed by atoms with Gasteiger partial charge in [0, 0.05) is 6.07 Å². The lowest BCUT2D eigenvalue weighted by Gasteiger charge is -2.13. The first-order chi connectivity index (χ1) is 12.3. The van der Waals surface area contributed by atoms with Crippen LogP contribution in [0, 0.1) is 5.82 Å². The fraction of sp³-hybridized carbons (Fsp3) is 0.263. The van der Waals surface area contributed by atoms with Crippen molar-refractivity contribution in [1.82, 2.24) is 10.3 Å². The Morgan fingerprint density at radius 2 is 1.96 bits per heavy atom. The van der Waals surface area contributed by atoms with Gasteiger partial charge >= 0.3 is 0 Å². The summed E-state index contributed by atoms with van der Waals surface area (Å²) in [5.41, 5.74) is 3.75. The summed E-state index contributed by atoms with van der Waals surface area (Å²) in [5, 5.41) is 2.81. The van der Waals surface area contributed by atoms with Crippen LogP contribution >= 0.6 is 0 Å². The largest absolute Gasteiger partial charge is 0.432 e. The third kappa shape index (κ3) is 3.04. The molecule has 0 unspecified atom stereocenters. The van der Waals surface area contributed by atoms with Gasteiger partial charge in [-0.05, 0) is 42.9 Å². The second-order valence-electron chi connectivity index (χ2n) is 7.42. The molecule has 0 fully saturated rings. The number of hydrogen-bond donors (Lipinski definition) is 3. The van der Waals surface area contributed by atoms with Gasteiger partial charge in [-0.2, -0.15) is 0 Å². The van der Waals surface area contributed by atoms with Crippen molar-refractivity contribution in [3.8, 4) is 11.4 Å². The fourth-order valence-corrected chi connectivity index (χ4v) is 4.81. The van der Waals surface area contributed by atoms with Crippen molar-refractivity contribution in [1.29, 1.82) is 0 Å². The number of hydrogen-bond acceptors (Lipinski definition) is 2. The SMILES string of the molecule is C[Si](C)(O)Cc1ccc(-c2[nH]c3cc(F)cc4c3[n+]2CCNC4=O)cc1. The van der Waals surface area contributed by atoms with Crippen molar-refractivity contribution in [3.05, 3.63) is 53.3 Å². The fourth-order valence-electron chi connectivity index (χ4n) is 3.57. The molecule has 3 aromatic rings. The van der Waals surface area contributed by atoms with Gasteiger partial charge in [-0.3, -0.25) is 4.79 Å². The van der Waals surface area contributed by atoms with Crippen LogP contribution in [0.2, 0.25) is 13.1 Å². The average Bonchev–Trinajstić information content (AvgIpc) is 2.82. The van der Waals surface area contributed by atoms with Crippen LogP contribution in [0.4, 0.5) is 4.39 Å². The van der Waals surface area contributed by atoms with Crippen molar-refractivity contribution in [2.75, 3.05) is 6.54 Å². The van der Waals surface area contributed by atoms with Crippen LogP contribution in [0.25, 0.3) is 22.4 Å². The number of aromatic amines is 1. The summed E-state index contributed by atoms with van der Waals surface area (Å²) >= 11 is 0. The highest BCUT2D eigenvalue weighted by atomic mass is 28.4. The van der Waals surface area contributed by atoms with Crippen LogP contribution in [0.3, 0.4) is 0 Å². The lowest BCUT2D eigenvalue weighted by molar-refractivity contribution is -0.657. The number of benzene rings is 2. The van der Waals surface area contributed by atoms with Crippen molar-refractivity contribution < 1.29 is 18.5 Å². The van der Waals surface area contributed by atoms with Crippen LogP contribution in [0.15, 0.2) is 36.4 Å². The minimum absolute atomic E-state index is 0.253. The summed E-state index contributed by atoms with van der Waals surface area (Å²) < 4.78 is 16.0. The molecule has 1 aliphatic rings. The summed E-state index contributed by atoms with van der Waals surface area (Å²) in [5.74, 6) is 0.155. The first-order valence-corrected chi connectivity index (χ1v) is 11.8. The molecule has 134 valence electrons. The number of nitrogens with one attached hydrogen (secondary N) is 2. The zero-order valence-electron chi connectivity index (χ0n) is 14.8. The number of aromatic nitrogens is 2. The van der Waals surface area contributed by atoms with E-state index in [1.54, 1.807) is 0 Å². The molecule has 0 saturated heterocycles. The maximum Gasteiger partial charge on any atom is 0.287 e. The van der Waals surface area contributed by atoms with Crippen LogP contribution < -0.4 is 9.88 Å². The molecule has 3 N–H and O–H groups in total. The predicted molar refractivity (Wildman–Crippen MR) is 99.6 cm³/mol. The van der Waals surface area contributed by atoms with E-state index in [0.29, 0.717) is 30.2 Å². The van der Waals surface area contributed by atoms with Crippen LogP contribution in [-0.2, 0) is 12.6 Å². The van der Waals surface area contributed by atoms with Gasteiger partial charge in [0.25, 0.3) is 11.7 Å². The molecular formula is C19H21FN3O2Si+. The predicted octanol–water partition coefficient (Wildman–Crippen LogP) is 2.28. The van der Waals surface area contributed by atoms with Crippen molar-refractivity contribution in [3.63, 3.8) is 0 Å². The Morgan fingerprint density at radius 3 is 2.65 bits per heavy atom. The Morgan fingerprint density at radius 1 is 1.23 bits per heavy atom. The number of imidazole rings is 1. The van der Waals surface area contributed by atoms with E-state index in [4.69, 9.17) is 0 Å². The van der Waals surface area contributed by atoms with Gasteiger partial charge in [-0.25, -0.2) is 13.9 Å². The monoisotopic (exact) mass is 370 g/mol. The Kier molecular flexibility index (Phi) is 3.93. The van der Waals surface area contributed by atoms with Crippen molar-refractivity contribution >= 4 is 25.3 Å². The summed E-state index contributed by atoms with van der Waals surface area (Å²) in [6, 6.07) is 11.4. The van der Waals surface area contributed by atoms with E-state index in [0.717, 1.165) is 22.5 Å². The standard InChI is InChI=1S/C19H20FN3O2Si/c1-26(2,25)11-12-3-5-13(6-4-12)18-22-16-10-14(20)9-15-17(16)23(18)8-7-21-19(15)24/h3-6,9-10,25H,7-8,11H2,1-2H3,(H,21,24)/p+1. The maximum absolute atomic E-state index is 13.9. The third-order valence-electron chi connectivity index (χ3n) is 4.60. The van der Waals surface area contributed by atoms with Crippen molar-refractivity contribution in [2.45, 2.75) is 25.7 Å². The molecule has 5 nitrogen and oxygen atoms in total. The van der Waals surface area contributed by atoms with E-state index in [1.807, 2.05) is 41.9 Å². The summed E-state index contributed by atoms with van der Waals surface area (Å²) in [4.78, 5) is 25.6. The lowest BCUT2D eigenvalue weighted by atomic mass is 10.1. The molecule has 1 amide bonds. The molecule has 7 heteroatoms. The summed E-state index contributed by atoms with van der Waals surface area (Å²) in [6.07, 6.45) is 0. The van der Waals surface area contributed by atoms with Gasteiger partial charge < -0.3 is 10.1 Å². The Hall–Kier alpha value is -2.51. The molecule has 4 rings (SSSR count). The molecule has 1 aromatic heterocycles. The first kappa shape index (κ1) is 16.9. The molecule has 2 heterocycles. The lowest BCUT2D eigenvalue weighted by Crippen LogP contribution is -2.38. The number of amides is 1. The van der Waals surface area contributed by atoms with Gasteiger partial charge in [0.15, 0.2) is 19.4 Å². The average molecular weight is 370 g/mol. The molecule has 2 aromatic carbocycles. The van der Waals surface area contributed by atoms with Gasteiger partial charge in [-0.15, -0.1) is 0 Å². The minimum Gasteiger partial charge on any atom is -0.432 e. The number of carbonyl (C=O) groups is 1. The van der Waals surface area contributed by atoms with Gasteiger partial charge in [0.2, 0.25) is 0 Å². The molecule has 0 radical (unpaired) electrons. The molecule has 0 spiro atoms. The van der Waals surface area contributed by atoms with Gasteiger partial charge in [0.05, 0.1) is 17.7 Å². The number of rotatable bonds is 3. The quantitative estimate of drug-likeness (QED) is 0.489. The highest BCUT2D eigenvalue weighted by Gasteiger charge is 2.29. The smallest absolute Gasteiger partial charge is 0.287 e. The number of H-pyrrole nitrogens is 1. The summed E-state index contributed by atoms with van der Waals surface area (Å²) in [7, 11) is -2.16. The number of carbonyl (C=O) groups excluding carboxylic acids is 1. The van der Waals surface area contributed by atoms with Crippen LogP contribution in [0.1, 0.15) is 15.9 Å². The summed E-state index contributed by atoms with van der Waals surface area (Å²) in [6.45, 7) is 4.93. The van der Waals surface area contributed by atoms with E-state index in [2.05, 4.69) is 10.3 Å². The molecule has 0 aliphatic carbocycles. The van der Waals surface area contributed by atoms with E-state index < -0.39 is 14.1 Å².